The molecule has 2 atom stereocenters. The van der Waals surface area contributed by atoms with Crippen LogP contribution < -0.4 is 4.90 Å². The van der Waals surface area contributed by atoms with Gasteiger partial charge < -0.3 is 19.5 Å². The number of esters is 1. The summed E-state index contributed by atoms with van der Waals surface area (Å²) in [7, 11) is 4.14. The number of hydrogen-bond donors (Lipinski definition) is 2. The minimum atomic E-state index is -1.02. The number of carbonyl (C=O) groups is 1. The van der Waals surface area contributed by atoms with Crippen molar-refractivity contribution in [2.75, 3.05) is 33.9 Å². The van der Waals surface area contributed by atoms with Crippen LogP contribution in [0.1, 0.15) is 46.5 Å². The molecule has 0 aromatic rings. The lowest BCUT2D eigenvalue weighted by molar-refractivity contribution is -0.858. The van der Waals surface area contributed by atoms with Gasteiger partial charge in [-0.1, -0.05) is 0 Å². The SMILES string of the molecule is C[NH+](C)CCCOC(=O)C[C@](C)(O)[C@@H]1CCOC(C)(C)C1. The fourth-order valence-corrected chi connectivity index (χ4v) is 2.86. The van der Waals surface area contributed by atoms with Crippen molar-refractivity contribution in [2.24, 2.45) is 5.92 Å². The van der Waals surface area contributed by atoms with Crippen molar-refractivity contribution < 1.29 is 24.3 Å². The Hall–Kier alpha value is -0.650. The van der Waals surface area contributed by atoms with Crippen LogP contribution in [0.25, 0.3) is 0 Å². The normalized spacial score (nSPS) is 24.6. The Kier molecular flexibility index (Phi) is 6.63. The van der Waals surface area contributed by atoms with Crippen LogP contribution in [-0.2, 0) is 14.3 Å². The Bertz CT molecular complexity index is 339. The Morgan fingerprint density at radius 2 is 2.14 bits per heavy atom. The standard InChI is InChI=1S/C16H31NO4/c1-15(2)11-13(7-10-21-15)16(3,19)12-14(18)20-9-6-8-17(4)5/h13,19H,6-12H2,1-5H3/p+1/t13-,16+/m1/s1. The third-order valence-electron chi connectivity index (χ3n) is 4.16. The largest absolute Gasteiger partial charge is 0.465 e. The molecule has 0 bridgehead atoms. The molecule has 1 heterocycles. The smallest absolute Gasteiger partial charge is 0.308 e. The van der Waals surface area contributed by atoms with Crippen LogP contribution in [0.3, 0.4) is 0 Å². The maximum atomic E-state index is 11.9. The fourth-order valence-electron chi connectivity index (χ4n) is 2.86. The topological polar surface area (TPSA) is 60.2 Å². The van der Waals surface area contributed by atoms with Gasteiger partial charge in [-0.3, -0.25) is 4.79 Å². The molecular formula is C16H32NO4+. The molecule has 0 amide bonds. The van der Waals surface area contributed by atoms with Crippen LogP contribution in [0.5, 0.6) is 0 Å². The minimum Gasteiger partial charge on any atom is -0.465 e. The van der Waals surface area contributed by atoms with Crippen molar-refractivity contribution in [1.29, 1.82) is 0 Å². The second-order valence-corrected chi connectivity index (χ2v) is 7.36. The van der Waals surface area contributed by atoms with Crippen molar-refractivity contribution in [2.45, 2.75) is 57.7 Å². The summed E-state index contributed by atoms with van der Waals surface area (Å²) in [4.78, 5) is 13.2. The molecule has 0 spiro atoms. The number of quaternary nitrogens is 1. The van der Waals surface area contributed by atoms with E-state index in [0.717, 1.165) is 25.8 Å². The van der Waals surface area contributed by atoms with Crippen molar-refractivity contribution in [3.8, 4) is 0 Å². The van der Waals surface area contributed by atoms with Crippen LogP contribution in [0, 0.1) is 5.92 Å². The van der Waals surface area contributed by atoms with E-state index in [1.54, 1.807) is 6.92 Å². The van der Waals surface area contributed by atoms with Gasteiger partial charge in [-0.25, -0.2) is 0 Å². The first-order valence-corrected chi connectivity index (χ1v) is 7.93. The molecule has 0 aromatic heterocycles. The lowest BCUT2D eigenvalue weighted by atomic mass is 9.76. The van der Waals surface area contributed by atoms with E-state index in [1.165, 1.54) is 4.90 Å². The molecule has 0 unspecified atom stereocenters. The quantitative estimate of drug-likeness (QED) is 0.528. The second kappa shape index (κ2) is 7.56. The highest BCUT2D eigenvalue weighted by Crippen LogP contribution is 2.37. The molecule has 1 aliphatic rings. The van der Waals surface area contributed by atoms with Crippen molar-refractivity contribution >= 4 is 5.97 Å². The van der Waals surface area contributed by atoms with Crippen molar-refractivity contribution in [3.63, 3.8) is 0 Å². The van der Waals surface area contributed by atoms with Crippen molar-refractivity contribution in [1.82, 2.24) is 0 Å². The highest BCUT2D eigenvalue weighted by molar-refractivity contribution is 5.70. The molecule has 1 aliphatic heterocycles. The number of aliphatic hydroxyl groups is 1. The van der Waals surface area contributed by atoms with Crippen LogP contribution in [0.15, 0.2) is 0 Å². The average Bonchev–Trinajstić information content (AvgIpc) is 2.32. The molecule has 1 saturated heterocycles. The zero-order chi connectivity index (χ0) is 16.1. The third-order valence-corrected chi connectivity index (χ3v) is 4.16. The molecule has 5 nitrogen and oxygen atoms in total. The number of hydrogen-bond acceptors (Lipinski definition) is 4. The predicted molar refractivity (Wildman–Crippen MR) is 81.2 cm³/mol. The summed E-state index contributed by atoms with van der Waals surface area (Å²) in [6.45, 7) is 7.82. The van der Waals surface area contributed by atoms with Gasteiger partial charge in [0.1, 0.15) is 0 Å². The van der Waals surface area contributed by atoms with E-state index in [1.807, 2.05) is 13.8 Å². The predicted octanol–water partition coefficient (Wildman–Crippen LogP) is 0.411. The lowest BCUT2D eigenvalue weighted by Crippen LogP contribution is -3.05. The van der Waals surface area contributed by atoms with E-state index >= 15 is 0 Å². The number of rotatable bonds is 7. The van der Waals surface area contributed by atoms with E-state index in [9.17, 15) is 9.90 Å². The van der Waals surface area contributed by atoms with E-state index in [4.69, 9.17) is 9.47 Å². The van der Waals surface area contributed by atoms with Crippen LogP contribution in [-0.4, -0.2) is 56.1 Å². The maximum absolute atomic E-state index is 11.9. The zero-order valence-electron chi connectivity index (χ0n) is 14.2. The number of carbonyl (C=O) groups excluding carboxylic acids is 1. The summed E-state index contributed by atoms with van der Waals surface area (Å²) in [5.41, 5.74) is -1.25. The van der Waals surface area contributed by atoms with Gasteiger partial charge in [-0.15, -0.1) is 0 Å². The van der Waals surface area contributed by atoms with Gasteiger partial charge in [0.05, 0.1) is 44.9 Å². The lowest BCUT2D eigenvalue weighted by Gasteiger charge is -2.42. The third kappa shape index (κ3) is 6.76. The zero-order valence-corrected chi connectivity index (χ0v) is 14.2. The summed E-state index contributed by atoms with van der Waals surface area (Å²) < 4.78 is 10.9. The van der Waals surface area contributed by atoms with Gasteiger partial charge in [0.2, 0.25) is 0 Å². The Balaban J connectivity index is 2.38. The fraction of sp³-hybridized carbons (Fsp3) is 0.938. The van der Waals surface area contributed by atoms with Crippen LogP contribution in [0.2, 0.25) is 0 Å². The summed E-state index contributed by atoms with van der Waals surface area (Å²) in [5.74, 6) is -0.238. The van der Waals surface area contributed by atoms with Gasteiger partial charge in [0.15, 0.2) is 0 Å². The molecule has 1 rings (SSSR count). The maximum Gasteiger partial charge on any atom is 0.308 e. The molecule has 21 heavy (non-hydrogen) atoms. The molecule has 0 aromatic carbocycles. The van der Waals surface area contributed by atoms with E-state index in [-0.39, 0.29) is 23.9 Å². The average molecular weight is 302 g/mol. The molecule has 0 radical (unpaired) electrons. The highest BCUT2D eigenvalue weighted by atomic mass is 16.5. The van der Waals surface area contributed by atoms with Crippen LogP contribution >= 0.6 is 0 Å². The number of ether oxygens (including phenoxy) is 2. The Morgan fingerprint density at radius 3 is 2.71 bits per heavy atom. The van der Waals surface area contributed by atoms with E-state index in [0.29, 0.717) is 13.2 Å². The molecule has 124 valence electrons. The summed E-state index contributed by atoms with van der Waals surface area (Å²) >= 11 is 0. The molecule has 1 fully saturated rings. The minimum absolute atomic E-state index is 0.0581. The van der Waals surface area contributed by atoms with Gasteiger partial charge in [-0.05, 0) is 39.5 Å². The molecule has 5 heteroatoms. The highest BCUT2D eigenvalue weighted by Gasteiger charge is 2.40. The van der Waals surface area contributed by atoms with Gasteiger partial charge in [0.25, 0.3) is 0 Å². The summed E-state index contributed by atoms with van der Waals surface area (Å²) in [6.07, 6.45) is 2.45. The van der Waals surface area contributed by atoms with Gasteiger partial charge in [0, 0.05) is 13.0 Å². The molecule has 0 saturated carbocycles. The molecule has 0 aliphatic carbocycles. The van der Waals surface area contributed by atoms with Crippen molar-refractivity contribution in [3.05, 3.63) is 0 Å². The summed E-state index contributed by atoms with van der Waals surface area (Å²) in [6, 6.07) is 0. The second-order valence-electron chi connectivity index (χ2n) is 7.36. The summed E-state index contributed by atoms with van der Waals surface area (Å²) in [5, 5.41) is 10.6. The van der Waals surface area contributed by atoms with Gasteiger partial charge in [-0.2, -0.15) is 0 Å². The number of nitrogens with one attached hydrogen (secondary N) is 1. The first kappa shape index (κ1) is 18.4. The Morgan fingerprint density at radius 1 is 1.48 bits per heavy atom. The Labute approximate surface area is 128 Å². The van der Waals surface area contributed by atoms with E-state index < -0.39 is 5.60 Å². The van der Waals surface area contributed by atoms with E-state index in [2.05, 4.69) is 14.1 Å². The van der Waals surface area contributed by atoms with Crippen LogP contribution in [0.4, 0.5) is 0 Å². The molecule has 2 N–H and O–H groups in total. The first-order chi connectivity index (χ1) is 9.62. The monoisotopic (exact) mass is 302 g/mol. The molecular weight excluding hydrogens is 270 g/mol. The first-order valence-electron chi connectivity index (χ1n) is 7.93. The van der Waals surface area contributed by atoms with Gasteiger partial charge >= 0.3 is 5.97 Å².